The van der Waals surface area contributed by atoms with Crippen molar-refractivity contribution in [3.63, 3.8) is 0 Å². The fourth-order valence-corrected chi connectivity index (χ4v) is 4.66. The highest BCUT2D eigenvalue weighted by atomic mass is 32.2. The highest BCUT2D eigenvalue weighted by Gasteiger charge is 2.41. The quantitative estimate of drug-likeness (QED) is 0.605. The summed E-state index contributed by atoms with van der Waals surface area (Å²) in [6.07, 6.45) is 3.44. The predicted molar refractivity (Wildman–Crippen MR) is 110 cm³/mol. The summed E-state index contributed by atoms with van der Waals surface area (Å²) in [4.78, 5) is 24.1. The van der Waals surface area contributed by atoms with E-state index in [4.69, 9.17) is 4.52 Å². The number of benzene rings is 1. The molecule has 3 N–H and O–H groups in total. The highest BCUT2D eigenvalue weighted by molar-refractivity contribution is 7.92. The molecule has 1 fully saturated rings. The second-order valence-electron chi connectivity index (χ2n) is 7.72. The Hall–Kier alpha value is -2.88. The first kappa shape index (κ1) is 21.8. The third-order valence-corrected chi connectivity index (χ3v) is 6.94. The Balaban J connectivity index is 1.67. The van der Waals surface area contributed by atoms with Gasteiger partial charge >= 0.3 is 5.97 Å². The molecule has 1 aliphatic carbocycles. The second-order valence-corrected chi connectivity index (χ2v) is 9.41. The Morgan fingerprint density at radius 1 is 1.13 bits per heavy atom. The monoisotopic (exact) mass is 435 g/mol. The lowest BCUT2D eigenvalue weighted by atomic mass is 9.71. The van der Waals surface area contributed by atoms with Crippen LogP contribution < -0.4 is 10.0 Å². The number of aliphatic carboxylic acids is 1. The molecule has 0 saturated heterocycles. The molecule has 0 unspecified atom stereocenters. The van der Waals surface area contributed by atoms with E-state index in [1.807, 2.05) is 0 Å². The van der Waals surface area contributed by atoms with E-state index in [0.717, 1.165) is 19.3 Å². The van der Waals surface area contributed by atoms with Crippen LogP contribution in [-0.2, 0) is 19.6 Å². The zero-order chi connectivity index (χ0) is 21.9. The zero-order valence-corrected chi connectivity index (χ0v) is 17.7. The number of sulfonamides is 1. The summed E-state index contributed by atoms with van der Waals surface area (Å²) in [6, 6.07) is 5.62. The molecule has 0 aliphatic heterocycles. The number of aromatic nitrogens is 1. The largest absolute Gasteiger partial charge is 0.481 e. The summed E-state index contributed by atoms with van der Waals surface area (Å²) in [7, 11) is -3.89. The van der Waals surface area contributed by atoms with Crippen LogP contribution in [0.15, 0.2) is 33.7 Å². The average molecular weight is 436 g/mol. The third kappa shape index (κ3) is 4.64. The van der Waals surface area contributed by atoms with E-state index < -0.39 is 27.3 Å². The fourth-order valence-electron chi connectivity index (χ4n) is 3.62. The smallest absolute Gasteiger partial charge is 0.310 e. The van der Waals surface area contributed by atoms with Crippen molar-refractivity contribution in [2.24, 2.45) is 5.41 Å². The van der Waals surface area contributed by atoms with Crippen molar-refractivity contribution < 1.29 is 27.6 Å². The molecule has 10 heteroatoms. The molecule has 162 valence electrons. The van der Waals surface area contributed by atoms with Crippen LogP contribution in [0.4, 0.5) is 11.6 Å². The van der Waals surface area contributed by atoms with Gasteiger partial charge in [0.1, 0.15) is 0 Å². The van der Waals surface area contributed by atoms with Crippen molar-refractivity contribution in [3.05, 3.63) is 35.5 Å². The molecule has 1 aromatic heterocycles. The van der Waals surface area contributed by atoms with Gasteiger partial charge in [0.05, 0.1) is 16.0 Å². The normalized spacial score (nSPS) is 16.1. The highest BCUT2D eigenvalue weighted by Crippen LogP contribution is 2.39. The molecule has 9 nitrogen and oxygen atoms in total. The number of anilines is 2. The predicted octanol–water partition coefficient (Wildman–Crippen LogP) is 3.46. The van der Waals surface area contributed by atoms with Gasteiger partial charge in [-0.25, -0.2) is 13.1 Å². The number of nitrogens with one attached hydrogen (secondary N) is 2. The summed E-state index contributed by atoms with van der Waals surface area (Å²) < 4.78 is 32.4. The number of carbonyl (C=O) groups excluding carboxylic acids is 1. The molecule has 2 aromatic rings. The Labute approximate surface area is 174 Å². The molecule has 1 aromatic carbocycles. The minimum absolute atomic E-state index is 0.0109. The topological polar surface area (TPSA) is 139 Å². The molecule has 1 heterocycles. The zero-order valence-electron chi connectivity index (χ0n) is 16.9. The van der Waals surface area contributed by atoms with E-state index in [1.165, 1.54) is 24.3 Å². The van der Waals surface area contributed by atoms with E-state index in [1.54, 1.807) is 13.8 Å². The molecule has 3 rings (SSSR count). The van der Waals surface area contributed by atoms with Crippen LogP contribution in [0.25, 0.3) is 0 Å². The Morgan fingerprint density at radius 3 is 2.30 bits per heavy atom. The van der Waals surface area contributed by atoms with Gasteiger partial charge in [0.25, 0.3) is 10.0 Å². The maximum atomic E-state index is 12.5. The summed E-state index contributed by atoms with van der Waals surface area (Å²) in [6.45, 7) is 3.40. The van der Waals surface area contributed by atoms with E-state index in [9.17, 15) is 23.1 Å². The van der Waals surface area contributed by atoms with Crippen molar-refractivity contribution in [2.75, 3.05) is 10.0 Å². The van der Waals surface area contributed by atoms with Crippen molar-refractivity contribution in [1.82, 2.24) is 5.16 Å². The maximum Gasteiger partial charge on any atom is 0.310 e. The van der Waals surface area contributed by atoms with Crippen LogP contribution in [0.2, 0.25) is 0 Å². The van der Waals surface area contributed by atoms with E-state index >= 15 is 0 Å². The number of carbonyl (C=O) groups is 2. The average Bonchev–Trinajstić information content (AvgIpc) is 3.00. The summed E-state index contributed by atoms with van der Waals surface area (Å²) in [5.41, 5.74) is 0.546. The van der Waals surface area contributed by atoms with Crippen molar-refractivity contribution in [2.45, 2.75) is 57.3 Å². The number of carboxylic acids is 1. The molecule has 30 heavy (non-hydrogen) atoms. The molecule has 0 spiro atoms. The van der Waals surface area contributed by atoms with Gasteiger partial charge in [-0.2, -0.15) is 0 Å². The van der Waals surface area contributed by atoms with Gasteiger partial charge in [0, 0.05) is 17.7 Å². The van der Waals surface area contributed by atoms with Crippen molar-refractivity contribution in [1.29, 1.82) is 0 Å². The first-order valence-electron chi connectivity index (χ1n) is 9.72. The lowest BCUT2D eigenvalue weighted by molar-refractivity contribution is -0.153. The molecule has 0 atom stereocenters. The van der Waals surface area contributed by atoms with Crippen LogP contribution in [0.3, 0.4) is 0 Å². The van der Waals surface area contributed by atoms with Crippen LogP contribution in [-0.4, -0.2) is 30.6 Å². The first-order valence-corrected chi connectivity index (χ1v) is 11.2. The van der Waals surface area contributed by atoms with Crippen molar-refractivity contribution in [3.8, 4) is 0 Å². The number of hydrogen-bond donors (Lipinski definition) is 3. The molecule has 0 bridgehead atoms. The number of aryl methyl sites for hydroxylation is 1. The van der Waals surface area contributed by atoms with Gasteiger partial charge < -0.3 is 14.9 Å². The Morgan fingerprint density at radius 2 is 1.77 bits per heavy atom. The minimum Gasteiger partial charge on any atom is -0.481 e. The van der Waals surface area contributed by atoms with Crippen molar-refractivity contribution >= 4 is 33.5 Å². The molecule has 1 saturated carbocycles. The number of rotatable bonds is 7. The number of amides is 1. The van der Waals surface area contributed by atoms with Gasteiger partial charge in [-0.1, -0.05) is 24.4 Å². The molecule has 1 amide bonds. The standard InChI is InChI=1S/C20H25N3O6S/c1-13-14(2)22-29-18(13)23-30(27,28)16-8-6-15(7-9-16)21-17(24)12-20(19(25)26)10-4-3-5-11-20/h6-9,23H,3-5,10-12H2,1-2H3,(H,21,24)(H,25,26). The molecular formula is C20H25N3O6S. The second kappa shape index (κ2) is 8.47. The number of nitrogens with zero attached hydrogens (tertiary/aromatic N) is 1. The fraction of sp³-hybridized carbons (Fsp3) is 0.450. The number of carboxylic acid groups (broad SMARTS) is 1. The van der Waals surface area contributed by atoms with Gasteiger partial charge in [-0.05, 0) is 51.0 Å². The first-order chi connectivity index (χ1) is 14.1. The van der Waals surface area contributed by atoms with Crippen LogP contribution in [0.5, 0.6) is 0 Å². The van der Waals surface area contributed by atoms with Gasteiger partial charge in [-0.3, -0.25) is 9.59 Å². The SMILES string of the molecule is Cc1noc(NS(=O)(=O)c2ccc(NC(=O)CC3(C(=O)O)CCCCC3)cc2)c1C. The lowest BCUT2D eigenvalue weighted by Gasteiger charge is -2.32. The Kier molecular flexibility index (Phi) is 6.16. The van der Waals surface area contributed by atoms with Crippen LogP contribution in [0.1, 0.15) is 49.8 Å². The summed E-state index contributed by atoms with van der Waals surface area (Å²) in [5, 5.41) is 16.0. The Bertz CT molecular complexity index is 1040. The summed E-state index contributed by atoms with van der Waals surface area (Å²) >= 11 is 0. The maximum absolute atomic E-state index is 12.5. The third-order valence-electron chi connectivity index (χ3n) is 5.60. The van der Waals surface area contributed by atoms with E-state index in [-0.39, 0.29) is 17.2 Å². The van der Waals surface area contributed by atoms with Gasteiger partial charge in [-0.15, -0.1) is 0 Å². The molecule has 0 radical (unpaired) electrons. The van der Waals surface area contributed by atoms with Gasteiger partial charge in [0.15, 0.2) is 0 Å². The molecule has 1 aliphatic rings. The van der Waals surface area contributed by atoms with Gasteiger partial charge in [0.2, 0.25) is 11.8 Å². The number of hydrogen-bond acceptors (Lipinski definition) is 6. The van der Waals surface area contributed by atoms with Crippen LogP contribution in [0, 0.1) is 19.3 Å². The lowest BCUT2D eigenvalue weighted by Crippen LogP contribution is -2.37. The summed E-state index contributed by atoms with van der Waals surface area (Å²) in [5.74, 6) is -1.29. The minimum atomic E-state index is -3.89. The molecular weight excluding hydrogens is 410 g/mol. The van der Waals surface area contributed by atoms with E-state index in [2.05, 4.69) is 15.2 Å². The van der Waals surface area contributed by atoms with Crippen LogP contribution >= 0.6 is 0 Å². The van der Waals surface area contributed by atoms with E-state index in [0.29, 0.717) is 29.8 Å².